The zero-order valence-electron chi connectivity index (χ0n) is 7.59. The minimum atomic E-state index is 0.919. The van der Waals surface area contributed by atoms with Gasteiger partial charge in [-0.1, -0.05) is 18.7 Å². The van der Waals surface area contributed by atoms with Crippen LogP contribution in [0.3, 0.4) is 0 Å². The fraction of sp³-hybridized carbons (Fsp3) is 0.182. The summed E-state index contributed by atoms with van der Waals surface area (Å²) in [5.41, 5.74) is 4.22. The van der Waals surface area contributed by atoms with E-state index < -0.39 is 0 Å². The lowest BCUT2D eigenvalue weighted by atomic mass is 10.0. The van der Waals surface area contributed by atoms with Gasteiger partial charge in [0.15, 0.2) is 0 Å². The molecule has 12 heavy (non-hydrogen) atoms. The summed E-state index contributed by atoms with van der Waals surface area (Å²) in [4.78, 5) is 3.94. The van der Waals surface area contributed by atoms with Gasteiger partial charge in [0.2, 0.25) is 0 Å². The Morgan fingerprint density at radius 3 is 2.58 bits per heavy atom. The van der Waals surface area contributed by atoms with Crippen LogP contribution in [0.4, 0.5) is 5.69 Å². The van der Waals surface area contributed by atoms with E-state index in [1.807, 2.05) is 26.0 Å². The summed E-state index contributed by atoms with van der Waals surface area (Å²) >= 11 is 0. The van der Waals surface area contributed by atoms with Gasteiger partial charge in [-0.2, -0.15) is 0 Å². The molecule has 1 aromatic carbocycles. The Labute approximate surface area is 73.5 Å². The molecule has 1 nitrogen and oxygen atoms in total. The predicted octanol–water partition coefficient (Wildman–Crippen LogP) is 3.36. The van der Waals surface area contributed by atoms with E-state index >= 15 is 0 Å². The standard InChI is InChI=1S/C11H13N/c1-8(2)10-6-5-9(3)7-11(10)12-4/h5-7H,1,4H2,2-3H3. The van der Waals surface area contributed by atoms with Gasteiger partial charge in [0.1, 0.15) is 0 Å². The molecular weight excluding hydrogens is 146 g/mol. The molecule has 0 saturated carbocycles. The zero-order valence-corrected chi connectivity index (χ0v) is 7.59. The molecule has 0 saturated heterocycles. The average molecular weight is 159 g/mol. The SMILES string of the molecule is C=Nc1cc(C)ccc1C(=C)C. The minimum absolute atomic E-state index is 0.919. The number of aryl methyl sites for hydroxylation is 1. The van der Waals surface area contributed by atoms with Crippen LogP contribution in [0.1, 0.15) is 18.1 Å². The second-order valence-electron chi connectivity index (χ2n) is 2.96. The summed E-state index contributed by atoms with van der Waals surface area (Å²) in [6.45, 7) is 11.4. The summed E-state index contributed by atoms with van der Waals surface area (Å²) in [6.07, 6.45) is 0. The summed E-state index contributed by atoms with van der Waals surface area (Å²) < 4.78 is 0. The van der Waals surface area contributed by atoms with E-state index in [2.05, 4.69) is 24.4 Å². The van der Waals surface area contributed by atoms with Gasteiger partial charge in [0, 0.05) is 5.56 Å². The van der Waals surface area contributed by atoms with Crippen molar-refractivity contribution >= 4 is 18.0 Å². The molecule has 0 aromatic heterocycles. The van der Waals surface area contributed by atoms with Crippen LogP contribution in [0.15, 0.2) is 29.8 Å². The predicted molar refractivity (Wildman–Crippen MR) is 55.1 cm³/mol. The Kier molecular flexibility index (Phi) is 2.44. The Hall–Kier alpha value is -1.37. The Balaban J connectivity index is 3.29. The van der Waals surface area contributed by atoms with Crippen molar-refractivity contribution in [1.29, 1.82) is 0 Å². The van der Waals surface area contributed by atoms with Gasteiger partial charge < -0.3 is 0 Å². The fourth-order valence-electron chi connectivity index (χ4n) is 1.13. The van der Waals surface area contributed by atoms with Crippen molar-refractivity contribution in [3.8, 4) is 0 Å². The van der Waals surface area contributed by atoms with Crippen LogP contribution in [0.25, 0.3) is 5.57 Å². The maximum atomic E-state index is 3.94. The molecule has 0 aliphatic carbocycles. The van der Waals surface area contributed by atoms with Gasteiger partial charge in [-0.05, 0) is 37.8 Å². The third-order valence-corrected chi connectivity index (χ3v) is 1.78. The highest BCUT2D eigenvalue weighted by molar-refractivity contribution is 5.73. The van der Waals surface area contributed by atoms with Crippen molar-refractivity contribution in [3.05, 3.63) is 35.9 Å². The molecule has 1 heteroatoms. The highest BCUT2D eigenvalue weighted by Crippen LogP contribution is 2.25. The van der Waals surface area contributed by atoms with Crippen molar-refractivity contribution in [2.24, 2.45) is 4.99 Å². The van der Waals surface area contributed by atoms with Gasteiger partial charge in [-0.3, -0.25) is 4.99 Å². The van der Waals surface area contributed by atoms with Gasteiger partial charge in [0.25, 0.3) is 0 Å². The first kappa shape index (κ1) is 8.72. The normalized spacial score (nSPS) is 9.50. The van der Waals surface area contributed by atoms with Crippen molar-refractivity contribution in [2.75, 3.05) is 0 Å². The van der Waals surface area contributed by atoms with Crippen LogP contribution >= 0.6 is 0 Å². The summed E-state index contributed by atoms with van der Waals surface area (Å²) in [7, 11) is 0. The Morgan fingerprint density at radius 1 is 1.42 bits per heavy atom. The van der Waals surface area contributed by atoms with Gasteiger partial charge >= 0.3 is 0 Å². The van der Waals surface area contributed by atoms with Crippen LogP contribution < -0.4 is 0 Å². The quantitative estimate of drug-likeness (QED) is 0.587. The topological polar surface area (TPSA) is 12.4 Å². The highest BCUT2D eigenvalue weighted by atomic mass is 14.7. The maximum Gasteiger partial charge on any atom is 0.0699 e. The van der Waals surface area contributed by atoms with Gasteiger partial charge in [0.05, 0.1) is 5.69 Å². The molecule has 0 radical (unpaired) electrons. The van der Waals surface area contributed by atoms with Crippen LogP contribution in [0, 0.1) is 6.92 Å². The lowest BCUT2D eigenvalue weighted by molar-refractivity contribution is 1.41. The third-order valence-electron chi connectivity index (χ3n) is 1.78. The van der Waals surface area contributed by atoms with Crippen LogP contribution in [-0.2, 0) is 0 Å². The average Bonchev–Trinajstić information content (AvgIpc) is 2.03. The molecule has 0 amide bonds. The zero-order chi connectivity index (χ0) is 9.14. The molecule has 0 aliphatic heterocycles. The highest BCUT2D eigenvalue weighted by Gasteiger charge is 2.00. The number of aliphatic imine (C=N–C) groups is 1. The fourth-order valence-corrected chi connectivity index (χ4v) is 1.13. The first-order chi connectivity index (χ1) is 5.65. The molecule has 1 aromatic rings. The van der Waals surface area contributed by atoms with E-state index in [1.54, 1.807) is 0 Å². The molecule has 0 spiro atoms. The van der Waals surface area contributed by atoms with Gasteiger partial charge in [-0.15, -0.1) is 0 Å². The summed E-state index contributed by atoms with van der Waals surface area (Å²) in [5, 5.41) is 0. The van der Waals surface area contributed by atoms with Crippen LogP contribution in [-0.4, -0.2) is 6.72 Å². The molecule has 0 fully saturated rings. The number of hydrogen-bond donors (Lipinski definition) is 0. The molecule has 1 rings (SSSR count). The van der Waals surface area contributed by atoms with E-state index in [4.69, 9.17) is 0 Å². The van der Waals surface area contributed by atoms with E-state index in [0.29, 0.717) is 0 Å². The smallest absolute Gasteiger partial charge is 0.0699 e. The van der Waals surface area contributed by atoms with Crippen molar-refractivity contribution in [1.82, 2.24) is 0 Å². The van der Waals surface area contributed by atoms with E-state index in [0.717, 1.165) is 16.8 Å². The van der Waals surface area contributed by atoms with Crippen LogP contribution in [0.5, 0.6) is 0 Å². The second-order valence-corrected chi connectivity index (χ2v) is 2.96. The number of hydrogen-bond acceptors (Lipinski definition) is 1. The number of benzene rings is 1. The van der Waals surface area contributed by atoms with E-state index in [-0.39, 0.29) is 0 Å². The van der Waals surface area contributed by atoms with E-state index in [1.165, 1.54) is 5.56 Å². The van der Waals surface area contributed by atoms with Gasteiger partial charge in [-0.25, -0.2) is 0 Å². The molecule has 62 valence electrons. The molecule has 0 atom stereocenters. The Morgan fingerprint density at radius 2 is 2.08 bits per heavy atom. The number of nitrogens with zero attached hydrogens (tertiary/aromatic N) is 1. The molecule has 0 unspecified atom stereocenters. The largest absolute Gasteiger partial charge is 0.264 e. The lowest BCUT2D eigenvalue weighted by Crippen LogP contribution is -1.80. The first-order valence-electron chi connectivity index (χ1n) is 3.88. The maximum absolute atomic E-state index is 3.94. The third kappa shape index (κ3) is 1.62. The van der Waals surface area contributed by atoms with E-state index in [9.17, 15) is 0 Å². The molecular formula is C11H13N. The number of allylic oxidation sites excluding steroid dienone is 1. The molecule has 0 aliphatic rings. The second kappa shape index (κ2) is 3.35. The minimum Gasteiger partial charge on any atom is -0.264 e. The van der Waals surface area contributed by atoms with Crippen molar-refractivity contribution in [2.45, 2.75) is 13.8 Å². The molecule has 0 heterocycles. The summed E-state index contributed by atoms with van der Waals surface area (Å²) in [6, 6.07) is 6.09. The number of rotatable bonds is 2. The summed E-state index contributed by atoms with van der Waals surface area (Å²) in [5.74, 6) is 0. The van der Waals surface area contributed by atoms with Crippen molar-refractivity contribution in [3.63, 3.8) is 0 Å². The monoisotopic (exact) mass is 159 g/mol. The lowest BCUT2D eigenvalue weighted by Gasteiger charge is -2.04. The van der Waals surface area contributed by atoms with Crippen LogP contribution in [0.2, 0.25) is 0 Å². The van der Waals surface area contributed by atoms with Crippen molar-refractivity contribution < 1.29 is 0 Å². The first-order valence-corrected chi connectivity index (χ1v) is 3.88. The Bertz CT molecular complexity index is 324. The molecule has 0 bridgehead atoms. The molecule has 0 N–H and O–H groups in total.